The molecule has 1 aromatic rings. The van der Waals surface area contributed by atoms with E-state index in [0.29, 0.717) is 43.8 Å². The van der Waals surface area contributed by atoms with Gasteiger partial charge in [0.1, 0.15) is 11.5 Å². The van der Waals surface area contributed by atoms with Gasteiger partial charge in [-0.3, -0.25) is 9.69 Å². The molecule has 0 radical (unpaired) electrons. The summed E-state index contributed by atoms with van der Waals surface area (Å²) in [6.07, 6.45) is 1.02. The summed E-state index contributed by atoms with van der Waals surface area (Å²) in [4.78, 5) is 16.6. The fourth-order valence-electron chi connectivity index (χ4n) is 2.89. The van der Waals surface area contributed by atoms with E-state index in [0.717, 1.165) is 18.8 Å². The van der Waals surface area contributed by atoms with Gasteiger partial charge in [0.05, 0.1) is 23.6 Å². The smallest absolute Gasteiger partial charge is 0.257 e. The number of hydrogen-bond acceptors (Lipinski definition) is 5. The molecule has 1 aliphatic rings. The monoisotopic (exact) mass is 314 g/mol. The van der Waals surface area contributed by atoms with Gasteiger partial charge < -0.3 is 9.32 Å². The number of amides is 1. The van der Waals surface area contributed by atoms with Crippen LogP contribution >= 0.6 is 0 Å². The standard InChI is InChI=1S/C17H22N4O2/c1-13-10-16(14(2)23-13)17(22)21-8-6-20(7-9-21)12-15(11-19)4-3-5-18/h10,15H,3-4,6-9,12H2,1-2H3. The summed E-state index contributed by atoms with van der Waals surface area (Å²) in [5.41, 5.74) is 0.639. The number of rotatable bonds is 5. The second-order valence-corrected chi connectivity index (χ2v) is 5.94. The highest BCUT2D eigenvalue weighted by molar-refractivity contribution is 5.95. The van der Waals surface area contributed by atoms with Gasteiger partial charge in [-0.05, 0) is 26.3 Å². The number of nitriles is 2. The molecule has 6 nitrogen and oxygen atoms in total. The number of carbonyl (C=O) groups is 1. The number of piperazine rings is 1. The number of furan rings is 1. The van der Waals surface area contributed by atoms with Crippen LogP contribution in [-0.4, -0.2) is 48.4 Å². The van der Waals surface area contributed by atoms with E-state index in [-0.39, 0.29) is 11.8 Å². The summed E-state index contributed by atoms with van der Waals surface area (Å²) in [6, 6.07) is 6.14. The molecule has 2 heterocycles. The van der Waals surface area contributed by atoms with E-state index < -0.39 is 0 Å². The van der Waals surface area contributed by atoms with Crippen LogP contribution in [0.5, 0.6) is 0 Å². The van der Waals surface area contributed by atoms with Crippen LogP contribution < -0.4 is 0 Å². The maximum absolute atomic E-state index is 12.5. The Bertz CT molecular complexity index is 630. The van der Waals surface area contributed by atoms with Crippen LogP contribution in [0.2, 0.25) is 0 Å². The second kappa shape index (κ2) is 7.80. The Kier molecular flexibility index (Phi) is 5.78. The van der Waals surface area contributed by atoms with E-state index in [4.69, 9.17) is 14.9 Å². The lowest BCUT2D eigenvalue weighted by molar-refractivity contribution is 0.0623. The van der Waals surface area contributed by atoms with Crippen molar-refractivity contribution in [3.8, 4) is 12.1 Å². The van der Waals surface area contributed by atoms with Gasteiger partial charge in [0.25, 0.3) is 5.91 Å². The van der Waals surface area contributed by atoms with Crippen molar-refractivity contribution in [3.05, 3.63) is 23.2 Å². The van der Waals surface area contributed by atoms with Crippen LogP contribution in [0.15, 0.2) is 10.5 Å². The summed E-state index contributed by atoms with van der Waals surface area (Å²) >= 11 is 0. The molecule has 23 heavy (non-hydrogen) atoms. The van der Waals surface area contributed by atoms with Crippen molar-refractivity contribution < 1.29 is 9.21 Å². The third-order valence-corrected chi connectivity index (χ3v) is 4.20. The fourth-order valence-corrected chi connectivity index (χ4v) is 2.89. The first-order chi connectivity index (χ1) is 11.0. The largest absolute Gasteiger partial charge is 0.466 e. The average molecular weight is 314 g/mol. The van der Waals surface area contributed by atoms with Gasteiger partial charge >= 0.3 is 0 Å². The van der Waals surface area contributed by atoms with Crippen molar-refractivity contribution in [2.45, 2.75) is 26.7 Å². The molecule has 1 fully saturated rings. The van der Waals surface area contributed by atoms with Crippen molar-refractivity contribution in [3.63, 3.8) is 0 Å². The zero-order chi connectivity index (χ0) is 16.8. The highest BCUT2D eigenvalue weighted by Crippen LogP contribution is 2.17. The number of nitrogens with zero attached hydrogens (tertiary/aromatic N) is 4. The summed E-state index contributed by atoms with van der Waals surface area (Å²) < 4.78 is 5.43. The van der Waals surface area contributed by atoms with Crippen molar-refractivity contribution in [1.82, 2.24) is 9.80 Å². The Hall–Kier alpha value is -2.31. The first kappa shape index (κ1) is 17.1. The SMILES string of the molecule is Cc1cc(C(=O)N2CCN(CC(C#N)CCC#N)CC2)c(C)o1. The lowest BCUT2D eigenvalue weighted by Gasteiger charge is -2.35. The van der Waals surface area contributed by atoms with E-state index in [1.165, 1.54) is 0 Å². The molecule has 0 saturated carbocycles. The Morgan fingerprint density at radius 2 is 2.00 bits per heavy atom. The van der Waals surface area contributed by atoms with Crippen molar-refractivity contribution >= 4 is 5.91 Å². The molecule has 1 saturated heterocycles. The summed E-state index contributed by atoms with van der Waals surface area (Å²) in [7, 11) is 0. The highest BCUT2D eigenvalue weighted by atomic mass is 16.3. The Labute approximate surface area is 136 Å². The van der Waals surface area contributed by atoms with Crippen molar-refractivity contribution in [2.75, 3.05) is 32.7 Å². The molecule has 0 aliphatic carbocycles. The molecule has 1 aromatic heterocycles. The van der Waals surface area contributed by atoms with Crippen LogP contribution in [0.25, 0.3) is 0 Å². The molecule has 1 unspecified atom stereocenters. The molecule has 0 N–H and O–H groups in total. The van der Waals surface area contributed by atoms with Gasteiger partial charge in [-0.25, -0.2) is 0 Å². The molecular weight excluding hydrogens is 292 g/mol. The minimum atomic E-state index is -0.115. The maximum atomic E-state index is 12.5. The molecule has 0 aromatic carbocycles. The predicted octanol–water partition coefficient (Wildman–Crippen LogP) is 2.10. The van der Waals surface area contributed by atoms with Gasteiger partial charge in [0.2, 0.25) is 0 Å². The summed E-state index contributed by atoms with van der Waals surface area (Å²) in [6.45, 7) is 7.13. The molecule has 122 valence electrons. The van der Waals surface area contributed by atoms with Crippen LogP contribution in [0.3, 0.4) is 0 Å². The Balaban J connectivity index is 1.86. The molecule has 0 bridgehead atoms. The minimum absolute atomic E-state index is 0.0142. The predicted molar refractivity (Wildman–Crippen MR) is 84.5 cm³/mol. The van der Waals surface area contributed by atoms with Crippen molar-refractivity contribution in [2.24, 2.45) is 5.92 Å². The maximum Gasteiger partial charge on any atom is 0.257 e. The molecule has 6 heteroatoms. The van der Waals surface area contributed by atoms with Crippen molar-refractivity contribution in [1.29, 1.82) is 10.5 Å². The zero-order valence-electron chi connectivity index (χ0n) is 13.7. The topological polar surface area (TPSA) is 84.3 Å². The molecule has 2 rings (SSSR count). The Morgan fingerprint density at radius 3 is 2.52 bits per heavy atom. The average Bonchev–Trinajstić information content (AvgIpc) is 2.89. The fraction of sp³-hybridized carbons (Fsp3) is 0.588. The van der Waals surface area contributed by atoms with Crippen LogP contribution in [0, 0.1) is 42.4 Å². The number of carbonyl (C=O) groups excluding carboxylic acids is 1. The molecule has 1 aliphatic heterocycles. The molecular formula is C17H22N4O2. The van der Waals surface area contributed by atoms with E-state index in [1.54, 1.807) is 6.07 Å². The van der Waals surface area contributed by atoms with E-state index in [1.807, 2.05) is 18.7 Å². The summed E-state index contributed by atoms with van der Waals surface area (Å²) in [5.74, 6) is 1.31. The van der Waals surface area contributed by atoms with Gasteiger partial charge in [-0.1, -0.05) is 0 Å². The lowest BCUT2D eigenvalue weighted by atomic mass is 10.0. The van der Waals surface area contributed by atoms with Gasteiger partial charge in [0, 0.05) is 39.1 Å². The number of hydrogen-bond donors (Lipinski definition) is 0. The van der Waals surface area contributed by atoms with Gasteiger partial charge in [-0.2, -0.15) is 10.5 Å². The first-order valence-corrected chi connectivity index (χ1v) is 7.90. The highest BCUT2D eigenvalue weighted by Gasteiger charge is 2.25. The number of aryl methyl sites for hydroxylation is 2. The second-order valence-electron chi connectivity index (χ2n) is 5.94. The van der Waals surface area contributed by atoms with E-state index in [9.17, 15) is 4.79 Å². The zero-order valence-corrected chi connectivity index (χ0v) is 13.7. The van der Waals surface area contributed by atoms with Crippen LogP contribution in [0.4, 0.5) is 0 Å². The van der Waals surface area contributed by atoms with Gasteiger partial charge in [0.15, 0.2) is 0 Å². The van der Waals surface area contributed by atoms with E-state index in [2.05, 4.69) is 17.0 Å². The third kappa shape index (κ3) is 4.34. The molecule has 1 atom stereocenters. The van der Waals surface area contributed by atoms with Crippen LogP contribution in [-0.2, 0) is 0 Å². The minimum Gasteiger partial charge on any atom is -0.466 e. The molecule has 0 spiro atoms. The Morgan fingerprint density at radius 1 is 1.30 bits per heavy atom. The third-order valence-electron chi connectivity index (χ3n) is 4.20. The normalized spacial score (nSPS) is 16.6. The quantitative estimate of drug-likeness (QED) is 0.831. The van der Waals surface area contributed by atoms with Crippen LogP contribution in [0.1, 0.15) is 34.7 Å². The van der Waals surface area contributed by atoms with Gasteiger partial charge in [-0.15, -0.1) is 0 Å². The lowest BCUT2D eigenvalue weighted by Crippen LogP contribution is -2.49. The first-order valence-electron chi connectivity index (χ1n) is 7.90. The summed E-state index contributed by atoms with van der Waals surface area (Å²) in [5, 5.41) is 17.8. The van der Waals surface area contributed by atoms with E-state index >= 15 is 0 Å². The molecule has 1 amide bonds.